The Bertz CT molecular complexity index is 2260. The number of benzene rings is 5. The summed E-state index contributed by atoms with van der Waals surface area (Å²) in [5.74, 6) is -48.4. The average molecular weight is 718 g/mol. The first kappa shape index (κ1) is 33.7. The van der Waals surface area contributed by atoms with Crippen LogP contribution in [0.1, 0.15) is 11.1 Å². The van der Waals surface area contributed by atoms with Crippen molar-refractivity contribution in [1.29, 1.82) is 0 Å². The number of fused-ring (bicyclic) bond motifs is 4. The highest BCUT2D eigenvalue weighted by Gasteiger charge is 2.56. The van der Waals surface area contributed by atoms with E-state index in [1.807, 2.05) is 0 Å². The van der Waals surface area contributed by atoms with Gasteiger partial charge >= 0.3 is 13.0 Å². The molecule has 0 radical (unpaired) electrons. The van der Waals surface area contributed by atoms with Crippen LogP contribution in [-0.2, 0) is 5.92 Å². The van der Waals surface area contributed by atoms with Gasteiger partial charge in [0.2, 0.25) is 5.82 Å². The highest BCUT2D eigenvalue weighted by molar-refractivity contribution is 6.63. The molecule has 0 saturated heterocycles. The third-order valence-corrected chi connectivity index (χ3v) is 7.31. The summed E-state index contributed by atoms with van der Waals surface area (Å²) in [6, 6.07) is 1.05. The van der Waals surface area contributed by atoms with Crippen molar-refractivity contribution < 1.29 is 83.9 Å². The summed E-state index contributed by atoms with van der Waals surface area (Å²) in [6.45, 7) is 0. The molecule has 0 N–H and O–H groups in total. The summed E-state index contributed by atoms with van der Waals surface area (Å²) in [4.78, 5) is 0. The first-order valence-electron chi connectivity index (χ1n) is 12.7. The molecule has 0 aromatic heterocycles. The van der Waals surface area contributed by atoms with Crippen LogP contribution < -0.4 is 14.8 Å². The normalized spacial score (nSPS) is 13.2. The molecule has 0 fully saturated rings. The maximum absolute atomic E-state index is 15.7. The van der Waals surface area contributed by atoms with Gasteiger partial charge < -0.3 is 9.31 Å². The number of alkyl halides is 2. The van der Waals surface area contributed by atoms with Crippen LogP contribution in [0.5, 0.6) is 11.5 Å². The smallest absolute Gasteiger partial charge is 0.521 e. The zero-order valence-corrected chi connectivity index (χ0v) is 22.6. The van der Waals surface area contributed by atoms with Gasteiger partial charge in [0.05, 0.1) is 22.0 Å². The van der Waals surface area contributed by atoms with Crippen molar-refractivity contribution in [3.05, 3.63) is 123 Å². The van der Waals surface area contributed by atoms with Gasteiger partial charge in [-0.05, 0) is 18.2 Å². The molecule has 0 bridgehead atoms. The van der Waals surface area contributed by atoms with Gasteiger partial charge in [-0.25, -0.2) is 61.5 Å². The van der Waals surface area contributed by atoms with Gasteiger partial charge in [-0.3, -0.25) is 0 Å². The zero-order valence-electron chi connectivity index (χ0n) is 22.6. The molecule has 0 spiro atoms. The van der Waals surface area contributed by atoms with E-state index < -0.39 is 150 Å². The van der Waals surface area contributed by atoms with Gasteiger partial charge in [0.1, 0.15) is 23.2 Å². The second-order valence-electron chi connectivity index (χ2n) is 10.0. The SMILES string of the molecule is Fc1cc(F)c2c(F)ccc(OB(Oc3c(F)c(F)c(F)c4c3C(F)(F)c3c(F)c(F)c(F)c(F)c3-4)c3c(F)c(F)c(F)c(F)c3F)c2c1. The van der Waals surface area contributed by atoms with E-state index in [9.17, 15) is 52.7 Å². The van der Waals surface area contributed by atoms with E-state index in [0.717, 1.165) is 0 Å². The summed E-state index contributed by atoms with van der Waals surface area (Å²) < 4.78 is 259. The van der Waals surface area contributed by atoms with E-state index >= 15 is 22.0 Å². The predicted molar refractivity (Wildman–Crippen MR) is 131 cm³/mol. The number of hydrogen-bond acceptors (Lipinski definition) is 2. The molecule has 5 aromatic rings. The second-order valence-corrected chi connectivity index (χ2v) is 10.0. The Kier molecular flexibility index (Phi) is 7.70. The highest BCUT2D eigenvalue weighted by atomic mass is 19.3. The van der Waals surface area contributed by atoms with Crippen molar-refractivity contribution in [2.75, 3.05) is 0 Å². The van der Waals surface area contributed by atoms with Crippen molar-refractivity contribution in [2.24, 2.45) is 0 Å². The molecule has 1 aliphatic carbocycles. The molecule has 2 nitrogen and oxygen atoms in total. The predicted octanol–water partition coefficient (Wildman–Crippen LogP) is 8.90. The molecule has 254 valence electrons. The molecule has 6 rings (SSSR count). The fraction of sp³-hybridized carbons (Fsp3) is 0.0345. The second kappa shape index (κ2) is 11.2. The maximum Gasteiger partial charge on any atom is 0.639 e. The summed E-state index contributed by atoms with van der Waals surface area (Å²) >= 11 is 0. The van der Waals surface area contributed by atoms with Crippen molar-refractivity contribution >= 4 is 23.4 Å². The fourth-order valence-corrected chi connectivity index (χ4v) is 5.20. The van der Waals surface area contributed by atoms with Crippen molar-refractivity contribution in [3.8, 4) is 22.6 Å². The first-order chi connectivity index (χ1) is 22.8. The quantitative estimate of drug-likeness (QED) is 0.0783. The lowest BCUT2D eigenvalue weighted by molar-refractivity contribution is 0.0404. The minimum Gasteiger partial charge on any atom is -0.521 e. The fourth-order valence-electron chi connectivity index (χ4n) is 5.20. The van der Waals surface area contributed by atoms with Crippen molar-refractivity contribution in [1.82, 2.24) is 0 Å². The third kappa shape index (κ3) is 4.66. The standard InChI is InChI=1S/C29H4BF17O2/c31-5-3-6-9(2-1-7(32)10(6)8(33)4-5)48-30(15-19(37)24(42)26(44)25(43)20(15)38)49-28-14-12(17(35)22(40)27(28)45)11-13(29(14,46)47)18(36)23(41)21(39)16(11)34/h1-4H. The van der Waals surface area contributed by atoms with Crippen molar-refractivity contribution in [3.63, 3.8) is 0 Å². The van der Waals surface area contributed by atoms with Gasteiger partial charge in [-0.15, -0.1) is 0 Å². The van der Waals surface area contributed by atoms with Crippen LogP contribution in [0.15, 0.2) is 24.3 Å². The van der Waals surface area contributed by atoms with Gasteiger partial charge in [-0.1, -0.05) is 0 Å². The Morgan fingerprint density at radius 3 is 1.55 bits per heavy atom. The Labute approximate surface area is 259 Å². The maximum atomic E-state index is 15.7. The van der Waals surface area contributed by atoms with Crippen molar-refractivity contribution in [2.45, 2.75) is 5.92 Å². The Balaban J connectivity index is 1.67. The monoisotopic (exact) mass is 718 g/mol. The van der Waals surface area contributed by atoms with E-state index in [2.05, 4.69) is 4.65 Å². The summed E-state index contributed by atoms with van der Waals surface area (Å²) in [5.41, 5.74) is -12.0. The summed E-state index contributed by atoms with van der Waals surface area (Å²) in [6.07, 6.45) is 0. The molecule has 0 unspecified atom stereocenters. The van der Waals surface area contributed by atoms with Crippen LogP contribution >= 0.6 is 0 Å². The van der Waals surface area contributed by atoms with Gasteiger partial charge in [0.25, 0.3) is 0 Å². The van der Waals surface area contributed by atoms with E-state index in [1.165, 1.54) is 0 Å². The minimum atomic E-state index is -5.47. The average Bonchev–Trinajstić information content (AvgIpc) is 3.29. The van der Waals surface area contributed by atoms with Crippen LogP contribution in [0.2, 0.25) is 0 Å². The van der Waals surface area contributed by atoms with E-state index in [1.54, 1.807) is 0 Å². The zero-order chi connectivity index (χ0) is 36.2. The van der Waals surface area contributed by atoms with Gasteiger partial charge in [0.15, 0.2) is 69.7 Å². The molecule has 0 saturated carbocycles. The van der Waals surface area contributed by atoms with Crippen LogP contribution in [0.25, 0.3) is 21.9 Å². The molecule has 0 aliphatic heterocycles. The first-order valence-corrected chi connectivity index (χ1v) is 12.7. The lowest BCUT2D eigenvalue weighted by atomic mass is 9.76. The Morgan fingerprint density at radius 1 is 0.469 bits per heavy atom. The van der Waals surface area contributed by atoms with Gasteiger partial charge in [-0.2, -0.15) is 13.2 Å². The number of halogens is 17. The van der Waals surface area contributed by atoms with E-state index in [0.29, 0.717) is 12.1 Å². The molecule has 1 aliphatic rings. The van der Waals surface area contributed by atoms with Crippen LogP contribution in [0.4, 0.5) is 74.6 Å². The van der Waals surface area contributed by atoms with E-state index in [4.69, 9.17) is 4.65 Å². The molecule has 20 heteroatoms. The largest absolute Gasteiger partial charge is 0.639 e. The lowest BCUT2D eigenvalue weighted by Crippen LogP contribution is -2.48. The molecule has 0 amide bonds. The molecule has 5 aromatic carbocycles. The highest BCUT2D eigenvalue weighted by Crippen LogP contribution is 2.58. The van der Waals surface area contributed by atoms with Crippen LogP contribution in [0.3, 0.4) is 0 Å². The van der Waals surface area contributed by atoms with E-state index in [-0.39, 0.29) is 12.1 Å². The number of rotatable bonds is 5. The third-order valence-electron chi connectivity index (χ3n) is 7.31. The topological polar surface area (TPSA) is 18.5 Å². The van der Waals surface area contributed by atoms with Crippen LogP contribution in [-0.4, -0.2) is 7.12 Å². The summed E-state index contributed by atoms with van der Waals surface area (Å²) in [5, 5.41) is -2.23. The molecular formula is C29H4BF17O2. The van der Waals surface area contributed by atoms with Crippen LogP contribution in [0, 0.1) is 87.3 Å². The van der Waals surface area contributed by atoms with Gasteiger partial charge in [0, 0.05) is 22.6 Å². The Morgan fingerprint density at radius 2 is 0.959 bits per heavy atom. The molecule has 49 heavy (non-hydrogen) atoms. The molecule has 0 heterocycles. The Hall–Kier alpha value is -5.17. The minimum absolute atomic E-state index is 0.108. The summed E-state index contributed by atoms with van der Waals surface area (Å²) in [7, 11) is -3.62. The molecular weight excluding hydrogens is 714 g/mol. The number of hydrogen-bond donors (Lipinski definition) is 0. The lowest BCUT2D eigenvalue weighted by Gasteiger charge is -2.23. The molecule has 0 atom stereocenters.